The zero-order valence-corrected chi connectivity index (χ0v) is 18.0. The van der Waals surface area contributed by atoms with E-state index in [4.69, 9.17) is 4.74 Å². The highest BCUT2D eigenvalue weighted by Crippen LogP contribution is 2.20. The van der Waals surface area contributed by atoms with Gasteiger partial charge in [0.15, 0.2) is 5.69 Å². The first kappa shape index (κ1) is 21.2. The molecule has 4 rings (SSSR count). The molecule has 2 aromatic carbocycles. The molecule has 162 valence electrons. The Morgan fingerprint density at radius 1 is 1.03 bits per heavy atom. The van der Waals surface area contributed by atoms with E-state index in [2.05, 4.69) is 15.4 Å². The van der Waals surface area contributed by atoms with Crippen molar-refractivity contribution < 1.29 is 9.53 Å². The van der Waals surface area contributed by atoms with Crippen molar-refractivity contribution in [2.24, 2.45) is 5.92 Å². The van der Waals surface area contributed by atoms with Crippen LogP contribution < -0.4 is 15.6 Å². The van der Waals surface area contributed by atoms with Gasteiger partial charge in [-0.25, -0.2) is 4.68 Å². The first-order valence-corrected chi connectivity index (χ1v) is 10.5. The Balaban J connectivity index is 1.59. The third kappa shape index (κ3) is 4.83. The van der Waals surface area contributed by atoms with Crippen molar-refractivity contribution in [3.05, 3.63) is 94.7 Å². The van der Waals surface area contributed by atoms with Crippen LogP contribution in [0.2, 0.25) is 0 Å². The number of ether oxygens (including phenoxy) is 1. The van der Waals surface area contributed by atoms with Gasteiger partial charge >= 0.3 is 0 Å². The van der Waals surface area contributed by atoms with E-state index in [0.29, 0.717) is 35.4 Å². The zero-order valence-electron chi connectivity index (χ0n) is 18.0. The number of amides is 1. The first-order valence-electron chi connectivity index (χ1n) is 10.5. The Labute approximate surface area is 185 Å². The molecule has 4 aromatic rings. The number of nitrogens with zero attached hydrogens (tertiary/aromatic N) is 3. The summed E-state index contributed by atoms with van der Waals surface area (Å²) in [7, 11) is 0. The SMILES string of the molecule is CC(C)Cn1nc(C(=O)Nc2cccc(OCc3ccccn3)c2)c2ccccc2c1=O. The Kier molecular flexibility index (Phi) is 6.26. The molecule has 32 heavy (non-hydrogen) atoms. The molecule has 0 saturated heterocycles. The topological polar surface area (TPSA) is 86.1 Å². The molecule has 0 saturated carbocycles. The molecule has 0 aliphatic carbocycles. The number of aromatic nitrogens is 3. The number of fused-ring (bicyclic) bond motifs is 1. The minimum absolute atomic E-state index is 0.198. The highest BCUT2D eigenvalue weighted by molar-refractivity contribution is 6.11. The molecule has 1 N–H and O–H groups in total. The smallest absolute Gasteiger partial charge is 0.276 e. The maximum atomic E-state index is 13.1. The fourth-order valence-corrected chi connectivity index (χ4v) is 3.37. The average Bonchev–Trinajstić information content (AvgIpc) is 2.80. The lowest BCUT2D eigenvalue weighted by atomic mass is 10.1. The van der Waals surface area contributed by atoms with Crippen LogP contribution in [-0.2, 0) is 13.2 Å². The number of anilines is 1. The van der Waals surface area contributed by atoms with Crippen molar-refractivity contribution in [2.75, 3.05) is 5.32 Å². The summed E-state index contributed by atoms with van der Waals surface area (Å²) in [6, 6.07) is 19.8. The van der Waals surface area contributed by atoms with Crippen LogP contribution in [0.5, 0.6) is 5.75 Å². The van der Waals surface area contributed by atoms with Gasteiger partial charge in [0.25, 0.3) is 11.5 Å². The van der Waals surface area contributed by atoms with Crippen molar-refractivity contribution in [1.29, 1.82) is 0 Å². The van der Waals surface area contributed by atoms with Gasteiger partial charge in [0.2, 0.25) is 0 Å². The number of rotatable bonds is 7. The molecule has 1 amide bonds. The lowest BCUT2D eigenvalue weighted by Gasteiger charge is -2.13. The molecule has 0 spiro atoms. The number of carbonyl (C=O) groups excluding carboxylic acids is 1. The molecule has 2 heterocycles. The molecule has 0 aliphatic rings. The molecule has 0 atom stereocenters. The highest BCUT2D eigenvalue weighted by atomic mass is 16.5. The van der Waals surface area contributed by atoms with E-state index in [-0.39, 0.29) is 23.1 Å². The van der Waals surface area contributed by atoms with Crippen LogP contribution >= 0.6 is 0 Å². The van der Waals surface area contributed by atoms with Gasteiger partial charge in [-0.1, -0.05) is 44.2 Å². The summed E-state index contributed by atoms with van der Waals surface area (Å²) in [6.45, 7) is 4.75. The molecular weight excluding hydrogens is 404 g/mol. The number of pyridine rings is 1. The third-order valence-electron chi connectivity index (χ3n) is 4.83. The van der Waals surface area contributed by atoms with Gasteiger partial charge in [-0.2, -0.15) is 5.10 Å². The third-order valence-corrected chi connectivity index (χ3v) is 4.83. The standard InChI is InChI=1S/C25H24N4O3/c1-17(2)15-29-25(31)22-12-4-3-11-21(22)23(28-29)24(30)27-18-9-7-10-20(14-18)32-16-19-8-5-6-13-26-19/h3-14,17H,15-16H2,1-2H3,(H,27,30). The quantitative estimate of drug-likeness (QED) is 0.475. The van der Waals surface area contributed by atoms with Crippen LogP contribution in [0.25, 0.3) is 10.8 Å². The summed E-state index contributed by atoms with van der Waals surface area (Å²) in [5.74, 6) is 0.432. The van der Waals surface area contributed by atoms with Gasteiger partial charge in [0.05, 0.1) is 11.1 Å². The first-order chi connectivity index (χ1) is 15.5. The van der Waals surface area contributed by atoms with E-state index < -0.39 is 0 Å². The van der Waals surface area contributed by atoms with Crippen LogP contribution in [0.3, 0.4) is 0 Å². The molecule has 0 unspecified atom stereocenters. The van der Waals surface area contributed by atoms with Crippen LogP contribution in [-0.4, -0.2) is 20.7 Å². The Morgan fingerprint density at radius 3 is 2.56 bits per heavy atom. The minimum atomic E-state index is -0.388. The van der Waals surface area contributed by atoms with Gasteiger partial charge in [0, 0.05) is 29.9 Å². The normalized spacial score (nSPS) is 11.0. The van der Waals surface area contributed by atoms with E-state index in [0.717, 1.165) is 5.69 Å². The Hall–Kier alpha value is -4.00. The second kappa shape index (κ2) is 9.43. The van der Waals surface area contributed by atoms with Crippen molar-refractivity contribution in [1.82, 2.24) is 14.8 Å². The zero-order chi connectivity index (χ0) is 22.5. The van der Waals surface area contributed by atoms with Crippen molar-refractivity contribution in [2.45, 2.75) is 27.0 Å². The molecule has 2 aromatic heterocycles. The van der Waals surface area contributed by atoms with Crippen LogP contribution in [0.15, 0.2) is 77.7 Å². The van der Waals surface area contributed by atoms with Gasteiger partial charge < -0.3 is 10.1 Å². The second-order valence-electron chi connectivity index (χ2n) is 7.87. The van der Waals surface area contributed by atoms with Crippen molar-refractivity contribution in [3.63, 3.8) is 0 Å². The fraction of sp³-hybridized carbons (Fsp3) is 0.200. The lowest BCUT2D eigenvalue weighted by molar-refractivity contribution is 0.102. The van der Waals surface area contributed by atoms with E-state index in [1.807, 2.05) is 38.1 Å². The van der Waals surface area contributed by atoms with E-state index >= 15 is 0 Å². The van der Waals surface area contributed by atoms with Gasteiger partial charge in [-0.05, 0) is 36.2 Å². The molecule has 7 heteroatoms. The summed E-state index contributed by atoms with van der Waals surface area (Å²) in [4.78, 5) is 30.1. The molecular formula is C25H24N4O3. The minimum Gasteiger partial charge on any atom is -0.487 e. The number of hydrogen-bond donors (Lipinski definition) is 1. The van der Waals surface area contributed by atoms with Gasteiger partial charge in [0.1, 0.15) is 12.4 Å². The summed E-state index contributed by atoms with van der Waals surface area (Å²) in [5.41, 5.74) is 1.39. The van der Waals surface area contributed by atoms with E-state index in [1.54, 1.807) is 48.7 Å². The molecule has 0 aliphatic heterocycles. The summed E-state index contributed by atoms with van der Waals surface area (Å²) >= 11 is 0. The van der Waals surface area contributed by atoms with Gasteiger partial charge in [-0.3, -0.25) is 14.6 Å². The maximum Gasteiger partial charge on any atom is 0.276 e. The number of hydrogen-bond acceptors (Lipinski definition) is 5. The second-order valence-corrected chi connectivity index (χ2v) is 7.87. The molecule has 0 radical (unpaired) electrons. The number of benzene rings is 2. The lowest BCUT2D eigenvalue weighted by Crippen LogP contribution is -2.29. The number of carbonyl (C=O) groups is 1. The maximum absolute atomic E-state index is 13.1. The van der Waals surface area contributed by atoms with Crippen LogP contribution in [0, 0.1) is 5.92 Å². The summed E-state index contributed by atoms with van der Waals surface area (Å²) in [6.07, 6.45) is 1.71. The molecule has 0 fully saturated rings. The largest absolute Gasteiger partial charge is 0.487 e. The average molecular weight is 428 g/mol. The number of nitrogens with one attached hydrogen (secondary N) is 1. The van der Waals surface area contributed by atoms with E-state index in [1.165, 1.54) is 4.68 Å². The Morgan fingerprint density at radius 2 is 1.81 bits per heavy atom. The summed E-state index contributed by atoms with van der Waals surface area (Å²) in [5, 5.41) is 8.26. The van der Waals surface area contributed by atoms with E-state index in [9.17, 15) is 9.59 Å². The predicted octanol–water partition coefficient (Wildman–Crippen LogP) is 4.28. The van der Waals surface area contributed by atoms with Crippen molar-refractivity contribution >= 4 is 22.4 Å². The fourth-order valence-electron chi connectivity index (χ4n) is 3.37. The summed E-state index contributed by atoms with van der Waals surface area (Å²) < 4.78 is 7.16. The van der Waals surface area contributed by atoms with Gasteiger partial charge in [-0.15, -0.1) is 0 Å². The molecule has 7 nitrogen and oxygen atoms in total. The van der Waals surface area contributed by atoms with Crippen LogP contribution in [0.1, 0.15) is 30.0 Å². The highest BCUT2D eigenvalue weighted by Gasteiger charge is 2.17. The van der Waals surface area contributed by atoms with Crippen LogP contribution in [0.4, 0.5) is 5.69 Å². The predicted molar refractivity (Wildman–Crippen MR) is 124 cm³/mol. The monoisotopic (exact) mass is 428 g/mol. The van der Waals surface area contributed by atoms with Crippen molar-refractivity contribution in [3.8, 4) is 5.75 Å². The Bertz CT molecular complexity index is 1300. The molecule has 0 bridgehead atoms.